The molecule has 0 amide bonds. The highest BCUT2D eigenvalue weighted by Gasteiger charge is 2.77. The number of unbranched alkanes of at least 4 members (excludes halogenated alkanes) is 6. The van der Waals surface area contributed by atoms with E-state index in [-0.39, 0.29) is 11.9 Å². The van der Waals surface area contributed by atoms with E-state index in [0.29, 0.717) is 36.2 Å². The van der Waals surface area contributed by atoms with E-state index in [4.69, 9.17) is 18.9 Å². The van der Waals surface area contributed by atoms with Gasteiger partial charge in [0.2, 0.25) is 0 Å². The summed E-state index contributed by atoms with van der Waals surface area (Å²) in [7, 11) is 0. The number of esters is 2. The van der Waals surface area contributed by atoms with Crippen LogP contribution in [0.3, 0.4) is 0 Å². The van der Waals surface area contributed by atoms with Crippen LogP contribution in [0.4, 0.5) is 0 Å². The van der Waals surface area contributed by atoms with Crippen molar-refractivity contribution in [2.24, 2.45) is 11.8 Å². The quantitative estimate of drug-likeness (QED) is 0.172. The molecule has 0 aromatic heterocycles. The molecule has 2 aromatic carbocycles. The smallest absolute Gasteiger partial charge is 0.316 e. The van der Waals surface area contributed by atoms with Crippen LogP contribution >= 0.6 is 0 Å². The molecular weight excluding hydrogens is 480 g/mol. The van der Waals surface area contributed by atoms with Gasteiger partial charge in [-0.1, -0.05) is 84.4 Å². The Bertz CT molecular complexity index is 1190. The summed E-state index contributed by atoms with van der Waals surface area (Å²) in [5, 5.41) is 0. The molecule has 2 heterocycles. The third kappa shape index (κ3) is 4.17. The summed E-state index contributed by atoms with van der Waals surface area (Å²) >= 11 is 0. The van der Waals surface area contributed by atoms with Crippen LogP contribution in [0, 0.1) is 11.8 Å². The van der Waals surface area contributed by atoms with Crippen LogP contribution in [-0.4, -0.2) is 25.2 Å². The first-order valence-electron chi connectivity index (χ1n) is 14.3. The number of benzene rings is 2. The highest BCUT2D eigenvalue weighted by Crippen LogP contribution is 2.71. The highest BCUT2D eigenvalue weighted by molar-refractivity contribution is 5.95. The van der Waals surface area contributed by atoms with Gasteiger partial charge in [-0.05, 0) is 25.0 Å². The van der Waals surface area contributed by atoms with Crippen molar-refractivity contribution in [2.45, 2.75) is 89.9 Å². The average molecular weight is 521 g/mol. The molecule has 0 saturated heterocycles. The van der Waals surface area contributed by atoms with Gasteiger partial charge in [-0.3, -0.25) is 9.59 Å². The number of fused-ring (bicyclic) bond motifs is 8. The fourth-order valence-electron chi connectivity index (χ4n) is 7.12. The van der Waals surface area contributed by atoms with Crippen molar-refractivity contribution in [1.29, 1.82) is 0 Å². The molecule has 1 fully saturated rings. The molecule has 6 nitrogen and oxygen atoms in total. The zero-order valence-corrected chi connectivity index (χ0v) is 23.1. The molecule has 4 atom stereocenters. The molecule has 204 valence electrons. The number of rotatable bonds is 12. The maximum atomic E-state index is 13.6. The van der Waals surface area contributed by atoms with Crippen molar-refractivity contribution in [3.63, 3.8) is 0 Å². The summed E-state index contributed by atoms with van der Waals surface area (Å²) in [6, 6.07) is 11.4. The topological polar surface area (TPSA) is 71.1 Å². The highest BCUT2D eigenvalue weighted by atomic mass is 16.6. The summed E-state index contributed by atoms with van der Waals surface area (Å²) in [5.41, 5.74) is 0.212. The molecule has 0 N–H and O–H groups in total. The second-order valence-corrected chi connectivity index (χ2v) is 11.4. The van der Waals surface area contributed by atoms with E-state index in [2.05, 4.69) is 13.8 Å². The van der Waals surface area contributed by atoms with Gasteiger partial charge >= 0.3 is 11.9 Å². The first-order chi connectivity index (χ1) is 18.4. The number of ether oxygens (including phenoxy) is 4. The summed E-state index contributed by atoms with van der Waals surface area (Å²) in [4.78, 5) is 27.2. The lowest BCUT2D eigenvalue weighted by molar-refractivity contribution is -0.184. The Balaban J connectivity index is 1.41. The number of hydrogen-bond donors (Lipinski definition) is 0. The molecule has 3 aliphatic rings. The molecule has 1 saturated carbocycles. The fraction of sp³-hybridized carbons (Fsp3) is 0.562. The monoisotopic (exact) mass is 520 g/mol. The molecular formula is C32H40O6. The molecule has 38 heavy (non-hydrogen) atoms. The van der Waals surface area contributed by atoms with E-state index >= 15 is 0 Å². The predicted octanol–water partition coefficient (Wildman–Crippen LogP) is 6.90. The third-order valence-electron chi connectivity index (χ3n) is 8.90. The Hall–Kier alpha value is -3.02. The SMILES string of the molecule is CCCCCCOc1ccc2c(c1)OC(=O)[C@H]1[C@]2(C)[C@H]2C(=O)Oc3c(OCCCCCC)cccc3[C@]21C. The van der Waals surface area contributed by atoms with Crippen molar-refractivity contribution in [1.82, 2.24) is 0 Å². The van der Waals surface area contributed by atoms with Crippen molar-refractivity contribution in [3.8, 4) is 23.0 Å². The predicted molar refractivity (Wildman–Crippen MR) is 145 cm³/mol. The Kier molecular flexibility index (Phi) is 7.43. The Labute approximate surface area is 226 Å². The molecule has 0 unspecified atom stereocenters. The minimum Gasteiger partial charge on any atom is -0.493 e. The van der Waals surface area contributed by atoms with Gasteiger partial charge < -0.3 is 18.9 Å². The van der Waals surface area contributed by atoms with Gasteiger partial charge in [0, 0.05) is 28.0 Å². The van der Waals surface area contributed by atoms with Gasteiger partial charge in [0.05, 0.1) is 25.0 Å². The van der Waals surface area contributed by atoms with Crippen molar-refractivity contribution in [2.75, 3.05) is 13.2 Å². The normalized spacial score (nSPS) is 26.6. The summed E-state index contributed by atoms with van der Waals surface area (Å²) < 4.78 is 23.9. The van der Waals surface area contributed by atoms with E-state index in [0.717, 1.165) is 43.2 Å². The number of carbonyl (C=O) groups excluding carboxylic acids is 2. The van der Waals surface area contributed by atoms with E-state index in [1.54, 1.807) is 6.07 Å². The lowest BCUT2D eigenvalue weighted by Gasteiger charge is -2.66. The van der Waals surface area contributed by atoms with E-state index < -0.39 is 22.7 Å². The first kappa shape index (κ1) is 26.6. The standard InChI is InChI=1S/C32H40O6/c1-5-7-9-11-18-35-21-16-17-22-25(20-21)37-29(33)27-31(22,3)28-30(34)38-26-23(32(27,28)4)14-13-15-24(26)36-19-12-10-8-6-2/h13-17,20,27-28H,5-12,18-19H2,1-4H3/t27-,28+,31+,32-/m0/s1. The van der Waals surface area contributed by atoms with Gasteiger partial charge in [-0.25, -0.2) is 0 Å². The average Bonchev–Trinajstić information content (AvgIpc) is 2.88. The largest absolute Gasteiger partial charge is 0.493 e. The van der Waals surface area contributed by atoms with Gasteiger partial charge in [0.1, 0.15) is 11.5 Å². The van der Waals surface area contributed by atoms with Crippen LogP contribution in [0.15, 0.2) is 36.4 Å². The molecule has 0 radical (unpaired) electrons. The van der Waals surface area contributed by atoms with Crippen LogP contribution in [0.25, 0.3) is 0 Å². The Morgan fingerprint density at radius 2 is 1.37 bits per heavy atom. The van der Waals surface area contributed by atoms with Crippen LogP contribution < -0.4 is 18.9 Å². The maximum Gasteiger partial charge on any atom is 0.316 e. The number of carbonyl (C=O) groups is 2. The number of para-hydroxylation sites is 1. The Morgan fingerprint density at radius 1 is 0.737 bits per heavy atom. The van der Waals surface area contributed by atoms with Crippen LogP contribution in [0.5, 0.6) is 23.0 Å². The maximum absolute atomic E-state index is 13.6. The third-order valence-corrected chi connectivity index (χ3v) is 8.90. The molecule has 0 spiro atoms. The second-order valence-electron chi connectivity index (χ2n) is 11.4. The van der Waals surface area contributed by atoms with Crippen molar-refractivity contribution >= 4 is 11.9 Å². The second kappa shape index (κ2) is 10.6. The van der Waals surface area contributed by atoms with E-state index in [1.807, 2.05) is 44.2 Å². The lowest BCUT2D eigenvalue weighted by atomic mass is 9.35. The van der Waals surface area contributed by atoms with Crippen LogP contribution in [-0.2, 0) is 20.4 Å². The lowest BCUT2D eigenvalue weighted by Crippen LogP contribution is -2.75. The Morgan fingerprint density at radius 3 is 2.05 bits per heavy atom. The minimum absolute atomic E-state index is 0.314. The number of hydrogen-bond acceptors (Lipinski definition) is 6. The van der Waals surface area contributed by atoms with Gasteiger partial charge in [-0.2, -0.15) is 0 Å². The van der Waals surface area contributed by atoms with Crippen molar-refractivity contribution < 1.29 is 28.5 Å². The zero-order chi connectivity index (χ0) is 26.9. The van der Waals surface area contributed by atoms with Crippen molar-refractivity contribution in [3.05, 3.63) is 47.5 Å². The zero-order valence-electron chi connectivity index (χ0n) is 23.1. The van der Waals surface area contributed by atoms with Crippen LogP contribution in [0.2, 0.25) is 0 Å². The van der Waals surface area contributed by atoms with Crippen LogP contribution in [0.1, 0.15) is 90.2 Å². The molecule has 2 aromatic rings. The summed E-state index contributed by atoms with van der Waals surface area (Å²) in [6.45, 7) is 9.53. The van der Waals surface area contributed by atoms with Gasteiger partial charge in [0.25, 0.3) is 0 Å². The van der Waals surface area contributed by atoms with E-state index in [9.17, 15) is 9.59 Å². The molecule has 5 rings (SSSR count). The molecule has 2 aliphatic heterocycles. The first-order valence-corrected chi connectivity index (χ1v) is 14.3. The molecule has 6 heteroatoms. The van der Waals surface area contributed by atoms with Gasteiger partial charge in [-0.15, -0.1) is 0 Å². The fourth-order valence-corrected chi connectivity index (χ4v) is 7.12. The minimum atomic E-state index is -0.746. The summed E-state index contributed by atoms with van der Waals surface area (Å²) in [6.07, 6.45) is 8.85. The molecule has 0 bridgehead atoms. The van der Waals surface area contributed by atoms with E-state index in [1.165, 1.54) is 19.3 Å². The van der Waals surface area contributed by atoms with Gasteiger partial charge in [0.15, 0.2) is 11.5 Å². The summed E-state index contributed by atoms with van der Waals surface area (Å²) in [5.74, 6) is 0.492. The molecule has 1 aliphatic carbocycles.